The Kier molecular flexibility index (Phi) is 4.57. The monoisotopic (exact) mass is 290 g/mol. The minimum atomic E-state index is -0.0518. The molecule has 1 saturated heterocycles. The molecule has 1 heterocycles. The van der Waals surface area contributed by atoms with Gasteiger partial charge in [-0.25, -0.2) is 0 Å². The lowest BCUT2D eigenvalue weighted by Gasteiger charge is -2.32. The summed E-state index contributed by atoms with van der Waals surface area (Å²) in [6.45, 7) is 9.87. The van der Waals surface area contributed by atoms with E-state index in [0.29, 0.717) is 0 Å². The molecule has 21 heavy (non-hydrogen) atoms. The molecule has 2 rings (SSSR count). The second-order valence-corrected chi connectivity index (χ2v) is 6.76. The van der Waals surface area contributed by atoms with Crippen LogP contribution in [0.3, 0.4) is 0 Å². The zero-order chi connectivity index (χ0) is 15.6. The van der Waals surface area contributed by atoms with Gasteiger partial charge >= 0.3 is 0 Å². The third-order valence-corrected chi connectivity index (χ3v) is 4.04. The Morgan fingerprint density at radius 3 is 2.29 bits per heavy atom. The number of ether oxygens (including phenoxy) is 1. The van der Waals surface area contributed by atoms with E-state index < -0.39 is 0 Å². The summed E-state index contributed by atoms with van der Waals surface area (Å²) in [6, 6.07) is 5.76. The van der Waals surface area contributed by atoms with Crippen LogP contribution < -0.4 is 4.74 Å². The number of carbonyl (C=O) groups excluding carboxylic acids is 1. The number of hydrogen-bond acceptors (Lipinski definition) is 3. The van der Waals surface area contributed by atoms with E-state index in [4.69, 9.17) is 4.74 Å². The van der Waals surface area contributed by atoms with E-state index in [1.165, 1.54) is 0 Å². The third-order valence-electron chi connectivity index (χ3n) is 4.04. The molecule has 1 amide bonds. The summed E-state index contributed by atoms with van der Waals surface area (Å²) >= 11 is 0. The Labute approximate surface area is 127 Å². The lowest BCUT2D eigenvalue weighted by Crippen LogP contribution is -2.47. The number of amides is 1. The van der Waals surface area contributed by atoms with Crippen LogP contribution in [0, 0.1) is 0 Å². The summed E-state index contributed by atoms with van der Waals surface area (Å²) in [5.74, 6) is 0.966. The molecule has 4 heteroatoms. The van der Waals surface area contributed by atoms with Gasteiger partial charge in [0.2, 0.25) is 0 Å². The fourth-order valence-electron chi connectivity index (χ4n) is 2.62. The van der Waals surface area contributed by atoms with E-state index in [2.05, 4.69) is 32.7 Å². The maximum absolute atomic E-state index is 12.7. The molecule has 1 aliphatic heterocycles. The maximum Gasteiger partial charge on any atom is 0.253 e. The van der Waals surface area contributed by atoms with E-state index >= 15 is 0 Å². The summed E-state index contributed by atoms with van der Waals surface area (Å²) in [7, 11) is 3.76. The molecule has 1 aromatic rings. The van der Waals surface area contributed by atoms with Gasteiger partial charge in [0.15, 0.2) is 0 Å². The number of nitrogens with zero attached hydrogens (tertiary/aromatic N) is 2. The summed E-state index contributed by atoms with van der Waals surface area (Å²) < 4.78 is 5.43. The molecule has 0 bridgehead atoms. The number of likely N-dealkylation sites (N-methyl/N-ethyl adjacent to an activating group) is 1. The molecule has 0 N–H and O–H groups in total. The minimum Gasteiger partial charge on any atom is -0.496 e. The molecule has 1 aliphatic rings. The van der Waals surface area contributed by atoms with Gasteiger partial charge in [-0.2, -0.15) is 0 Å². The Bertz CT molecular complexity index is 512. The van der Waals surface area contributed by atoms with Gasteiger partial charge in [-0.1, -0.05) is 20.8 Å². The number of benzene rings is 1. The largest absolute Gasteiger partial charge is 0.496 e. The van der Waals surface area contributed by atoms with Gasteiger partial charge in [0.25, 0.3) is 5.91 Å². The summed E-state index contributed by atoms with van der Waals surface area (Å²) in [6.07, 6.45) is 0. The van der Waals surface area contributed by atoms with Crippen molar-refractivity contribution in [3.8, 4) is 5.75 Å². The van der Waals surface area contributed by atoms with Crippen LogP contribution in [-0.4, -0.2) is 56.0 Å². The second kappa shape index (κ2) is 6.06. The van der Waals surface area contributed by atoms with Gasteiger partial charge in [0, 0.05) is 37.3 Å². The van der Waals surface area contributed by atoms with Gasteiger partial charge in [0.05, 0.1) is 7.11 Å². The Balaban J connectivity index is 2.26. The smallest absolute Gasteiger partial charge is 0.253 e. The Morgan fingerprint density at radius 1 is 1.14 bits per heavy atom. The molecular weight excluding hydrogens is 264 g/mol. The van der Waals surface area contributed by atoms with Crippen molar-refractivity contribution >= 4 is 5.91 Å². The first kappa shape index (κ1) is 15.8. The molecule has 0 aliphatic carbocycles. The van der Waals surface area contributed by atoms with E-state index in [1.54, 1.807) is 7.11 Å². The summed E-state index contributed by atoms with van der Waals surface area (Å²) in [5.41, 5.74) is 1.78. The zero-order valence-electron chi connectivity index (χ0n) is 13.8. The number of rotatable bonds is 2. The van der Waals surface area contributed by atoms with E-state index in [0.717, 1.165) is 43.1 Å². The van der Waals surface area contributed by atoms with Crippen molar-refractivity contribution in [2.75, 3.05) is 40.3 Å². The maximum atomic E-state index is 12.7. The van der Waals surface area contributed by atoms with Crippen LogP contribution >= 0.6 is 0 Å². The van der Waals surface area contributed by atoms with E-state index in [1.807, 2.05) is 23.1 Å². The van der Waals surface area contributed by atoms with E-state index in [-0.39, 0.29) is 11.3 Å². The molecule has 0 aromatic heterocycles. The van der Waals surface area contributed by atoms with Crippen LogP contribution in [0.1, 0.15) is 36.7 Å². The number of methoxy groups -OCH3 is 1. The second-order valence-electron chi connectivity index (χ2n) is 6.76. The first-order valence-electron chi connectivity index (χ1n) is 7.49. The molecule has 0 spiro atoms. The highest BCUT2D eigenvalue weighted by Gasteiger charge is 2.24. The van der Waals surface area contributed by atoms with Gasteiger partial charge < -0.3 is 14.5 Å². The molecule has 1 aromatic carbocycles. The molecule has 0 radical (unpaired) electrons. The van der Waals surface area contributed by atoms with Crippen molar-refractivity contribution in [2.24, 2.45) is 0 Å². The summed E-state index contributed by atoms with van der Waals surface area (Å²) in [4.78, 5) is 16.8. The van der Waals surface area contributed by atoms with Crippen LogP contribution in [0.15, 0.2) is 18.2 Å². The SMILES string of the molecule is COc1ccc(C(=O)N2CCN(C)CC2)cc1C(C)(C)C. The number of carbonyl (C=O) groups is 1. The van der Waals surface area contributed by atoms with Gasteiger partial charge in [0.1, 0.15) is 5.75 Å². The lowest BCUT2D eigenvalue weighted by molar-refractivity contribution is 0.0664. The quantitative estimate of drug-likeness (QED) is 0.838. The van der Waals surface area contributed by atoms with E-state index in [9.17, 15) is 4.79 Å². The fraction of sp³-hybridized carbons (Fsp3) is 0.588. The average molecular weight is 290 g/mol. The fourth-order valence-corrected chi connectivity index (χ4v) is 2.62. The highest BCUT2D eigenvalue weighted by Crippen LogP contribution is 2.32. The number of piperazine rings is 1. The van der Waals surface area contributed by atoms with Crippen molar-refractivity contribution < 1.29 is 9.53 Å². The highest BCUT2D eigenvalue weighted by molar-refractivity contribution is 5.94. The zero-order valence-corrected chi connectivity index (χ0v) is 13.8. The van der Waals surface area contributed by atoms with Crippen molar-refractivity contribution in [1.29, 1.82) is 0 Å². The van der Waals surface area contributed by atoms with Crippen LogP contribution in [0.2, 0.25) is 0 Å². The number of hydrogen-bond donors (Lipinski definition) is 0. The average Bonchev–Trinajstić information content (AvgIpc) is 2.45. The van der Waals surface area contributed by atoms with Gasteiger partial charge in [-0.05, 0) is 30.7 Å². The predicted molar refractivity (Wildman–Crippen MR) is 85.1 cm³/mol. The standard InChI is InChI=1S/C17H26N2O2/c1-17(2,3)14-12-13(6-7-15(14)21-5)16(20)19-10-8-18(4)9-11-19/h6-7,12H,8-11H2,1-5H3. The first-order valence-corrected chi connectivity index (χ1v) is 7.49. The topological polar surface area (TPSA) is 32.8 Å². The molecule has 4 nitrogen and oxygen atoms in total. The molecule has 1 fully saturated rings. The Morgan fingerprint density at radius 2 is 1.76 bits per heavy atom. The van der Waals surface area contributed by atoms with Crippen LogP contribution in [-0.2, 0) is 5.41 Å². The van der Waals surface area contributed by atoms with Crippen LogP contribution in [0.5, 0.6) is 5.75 Å². The lowest BCUT2D eigenvalue weighted by atomic mass is 9.85. The summed E-state index contributed by atoms with van der Waals surface area (Å²) in [5, 5.41) is 0. The highest BCUT2D eigenvalue weighted by atomic mass is 16.5. The molecule has 0 unspecified atom stereocenters. The van der Waals surface area contributed by atoms with Crippen molar-refractivity contribution in [3.05, 3.63) is 29.3 Å². The van der Waals surface area contributed by atoms with Gasteiger partial charge in [-0.15, -0.1) is 0 Å². The van der Waals surface area contributed by atoms with Crippen LogP contribution in [0.4, 0.5) is 0 Å². The van der Waals surface area contributed by atoms with Crippen molar-refractivity contribution in [2.45, 2.75) is 26.2 Å². The molecule has 0 saturated carbocycles. The third kappa shape index (κ3) is 3.56. The van der Waals surface area contributed by atoms with Crippen molar-refractivity contribution in [3.63, 3.8) is 0 Å². The molecular formula is C17H26N2O2. The Hall–Kier alpha value is -1.55. The van der Waals surface area contributed by atoms with Crippen LogP contribution in [0.25, 0.3) is 0 Å². The molecule has 116 valence electrons. The normalized spacial score (nSPS) is 16.9. The minimum absolute atomic E-state index is 0.0518. The first-order chi connectivity index (χ1) is 9.82. The van der Waals surface area contributed by atoms with Gasteiger partial charge in [-0.3, -0.25) is 4.79 Å². The molecule has 0 atom stereocenters. The van der Waals surface area contributed by atoms with Crippen molar-refractivity contribution in [1.82, 2.24) is 9.80 Å². The predicted octanol–water partition coefficient (Wildman–Crippen LogP) is 2.38.